The molecule has 0 bridgehead atoms. The molecule has 0 amide bonds. The van der Waals surface area contributed by atoms with Gasteiger partial charge in [-0.25, -0.2) is 9.78 Å². The molecule has 21 heavy (non-hydrogen) atoms. The SMILES string of the molecule is CCOC(=O)c1ncn2c3ccc(Cl)cc3c(=O)n(C)c12. The van der Waals surface area contributed by atoms with E-state index in [1.807, 2.05) is 0 Å². The lowest BCUT2D eigenvalue weighted by molar-refractivity contribution is 0.0522. The number of aryl methyl sites for hydroxylation is 1. The number of benzene rings is 1. The predicted octanol–water partition coefficient (Wildman–Crippen LogP) is 2.02. The van der Waals surface area contributed by atoms with E-state index in [1.165, 1.54) is 10.9 Å². The predicted molar refractivity (Wildman–Crippen MR) is 78.9 cm³/mol. The third kappa shape index (κ3) is 1.99. The Morgan fingerprint density at radius 1 is 1.43 bits per heavy atom. The molecular formula is C14H12ClN3O3. The van der Waals surface area contributed by atoms with Crippen molar-refractivity contribution < 1.29 is 9.53 Å². The molecule has 0 atom stereocenters. The number of hydrogen-bond donors (Lipinski definition) is 0. The lowest BCUT2D eigenvalue weighted by atomic mass is 10.2. The summed E-state index contributed by atoms with van der Waals surface area (Å²) in [5.74, 6) is -0.552. The first kappa shape index (κ1) is 13.6. The molecule has 0 fully saturated rings. The minimum Gasteiger partial charge on any atom is -0.461 e. The van der Waals surface area contributed by atoms with E-state index >= 15 is 0 Å². The Bertz CT molecular complexity index is 926. The molecule has 0 N–H and O–H groups in total. The number of halogens is 1. The van der Waals surface area contributed by atoms with E-state index in [1.54, 1.807) is 36.6 Å². The largest absolute Gasteiger partial charge is 0.461 e. The van der Waals surface area contributed by atoms with Gasteiger partial charge in [-0.05, 0) is 25.1 Å². The third-order valence-electron chi connectivity index (χ3n) is 3.28. The molecule has 3 rings (SSSR count). The molecule has 6 nitrogen and oxygen atoms in total. The average molecular weight is 306 g/mol. The van der Waals surface area contributed by atoms with Crippen LogP contribution in [0.25, 0.3) is 16.6 Å². The van der Waals surface area contributed by atoms with Crippen LogP contribution in [-0.4, -0.2) is 26.5 Å². The first-order chi connectivity index (χ1) is 10.0. The highest BCUT2D eigenvalue weighted by Gasteiger charge is 2.19. The molecular weight excluding hydrogens is 294 g/mol. The Balaban J connectivity index is 2.44. The maximum atomic E-state index is 12.4. The maximum Gasteiger partial charge on any atom is 0.360 e. The van der Waals surface area contributed by atoms with Crippen LogP contribution in [0.15, 0.2) is 29.3 Å². The summed E-state index contributed by atoms with van der Waals surface area (Å²) in [5, 5.41) is 0.940. The lowest BCUT2D eigenvalue weighted by Gasteiger charge is -2.08. The second kappa shape index (κ2) is 4.89. The molecule has 0 saturated carbocycles. The number of hydrogen-bond acceptors (Lipinski definition) is 4. The van der Waals surface area contributed by atoms with Gasteiger partial charge in [0.05, 0.1) is 17.5 Å². The van der Waals surface area contributed by atoms with Crippen LogP contribution in [0.1, 0.15) is 17.4 Å². The monoisotopic (exact) mass is 305 g/mol. The van der Waals surface area contributed by atoms with Crippen LogP contribution >= 0.6 is 11.6 Å². The highest BCUT2D eigenvalue weighted by Crippen LogP contribution is 2.20. The molecule has 0 aliphatic rings. The van der Waals surface area contributed by atoms with Gasteiger partial charge in [0.25, 0.3) is 5.56 Å². The number of aromatic nitrogens is 3. The molecule has 0 aliphatic heterocycles. The summed E-state index contributed by atoms with van der Waals surface area (Å²) in [6.07, 6.45) is 1.50. The van der Waals surface area contributed by atoms with E-state index in [-0.39, 0.29) is 17.9 Å². The van der Waals surface area contributed by atoms with Gasteiger partial charge in [0.15, 0.2) is 11.3 Å². The number of ether oxygens (including phenoxy) is 1. The molecule has 7 heteroatoms. The number of carbonyl (C=O) groups is 1. The third-order valence-corrected chi connectivity index (χ3v) is 3.52. The minimum atomic E-state index is -0.552. The highest BCUT2D eigenvalue weighted by molar-refractivity contribution is 6.31. The van der Waals surface area contributed by atoms with E-state index < -0.39 is 5.97 Å². The number of esters is 1. The highest BCUT2D eigenvalue weighted by atomic mass is 35.5. The number of fused-ring (bicyclic) bond motifs is 3. The lowest BCUT2D eigenvalue weighted by Crippen LogP contribution is -2.21. The summed E-state index contributed by atoms with van der Waals surface area (Å²) in [6, 6.07) is 5.01. The molecule has 2 aromatic heterocycles. The van der Waals surface area contributed by atoms with Gasteiger partial charge in [0.2, 0.25) is 0 Å². The van der Waals surface area contributed by atoms with Crippen LogP contribution in [0.2, 0.25) is 5.02 Å². The first-order valence-corrected chi connectivity index (χ1v) is 6.74. The number of imidazole rings is 1. The summed E-state index contributed by atoms with van der Waals surface area (Å²) in [6.45, 7) is 1.96. The Kier molecular flexibility index (Phi) is 3.17. The van der Waals surface area contributed by atoms with Gasteiger partial charge >= 0.3 is 5.97 Å². The Labute approximate surface area is 124 Å². The van der Waals surface area contributed by atoms with Crippen LogP contribution in [0.4, 0.5) is 0 Å². The van der Waals surface area contributed by atoms with Crippen molar-refractivity contribution in [3.05, 3.63) is 45.6 Å². The average Bonchev–Trinajstić information content (AvgIpc) is 2.90. The van der Waals surface area contributed by atoms with E-state index in [9.17, 15) is 9.59 Å². The van der Waals surface area contributed by atoms with Crippen molar-refractivity contribution in [1.82, 2.24) is 14.0 Å². The fourth-order valence-corrected chi connectivity index (χ4v) is 2.52. The van der Waals surface area contributed by atoms with Gasteiger partial charge in [-0.3, -0.25) is 13.8 Å². The van der Waals surface area contributed by atoms with Crippen molar-refractivity contribution in [1.29, 1.82) is 0 Å². The van der Waals surface area contributed by atoms with Crippen molar-refractivity contribution in [3.8, 4) is 0 Å². The van der Waals surface area contributed by atoms with Crippen molar-refractivity contribution in [3.63, 3.8) is 0 Å². The number of rotatable bonds is 2. The Hall–Kier alpha value is -2.34. The maximum absolute atomic E-state index is 12.4. The van der Waals surface area contributed by atoms with Crippen LogP contribution in [0.5, 0.6) is 0 Å². The fraction of sp³-hybridized carbons (Fsp3) is 0.214. The van der Waals surface area contributed by atoms with E-state index in [0.717, 1.165) is 0 Å². The summed E-state index contributed by atoms with van der Waals surface area (Å²) >= 11 is 5.94. The van der Waals surface area contributed by atoms with Crippen molar-refractivity contribution in [2.75, 3.05) is 6.61 Å². The summed E-state index contributed by atoms with van der Waals surface area (Å²) in [5.41, 5.74) is 0.910. The molecule has 2 heterocycles. The normalized spacial score (nSPS) is 11.2. The molecule has 0 aliphatic carbocycles. The van der Waals surface area contributed by atoms with Crippen LogP contribution in [0.3, 0.4) is 0 Å². The van der Waals surface area contributed by atoms with Crippen molar-refractivity contribution in [2.45, 2.75) is 6.92 Å². The second-order valence-corrected chi connectivity index (χ2v) is 4.97. The van der Waals surface area contributed by atoms with E-state index in [0.29, 0.717) is 21.6 Å². The van der Waals surface area contributed by atoms with Gasteiger partial charge in [-0.1, -0.05) is 11.6 Å². The van der Waals surface area contributed by atoms with Gasteiger partial charge in [0, 0.05) is 12.1 Å². The number of carbonyl (C=O) groups excluding carboxylic acids is 1. The molecule has 0 unspecified atom stereocenters. The summed E-state index contributed by atoms with van der Waals surface area (Å²) in [4.78, 5) is 28.5. The Morgan fingerprint density at radius 2 is 2.19 bits per heavy atom. The van der Waals surface area contributed by atoms with Crippen LogP contribution in [0, 0.1) is 0 Å². The molecule has 3 aromatic rings. The molecule has 0 radical (unpaired) electrons. The van der Waals surface area contributed by atoms with E-state index in [2.05, 4.69) is 4.98 Å². The second-order valence-electron chi connectivity index (χ2n) is 4.53. The molecule has 0 saturated heterocycles. The standard InChI is InChI=1S/C14H12ClN3O3/c1-3-21-14(20)11-12-17(2)13(19)9-6-8(15)4-5-10(9)18(12)7-16-11/h4-7H,3H2,1-2H3. The summed E-state index contributed by atoms with van der Waals surface area (Å²) in [7, 11) is 1.59. The molecule has 1 aromatic carbocycles. The Morgan fingerprint density at radius 3 is 2.90 bits per heavy atom. The quantitative estimate of drug-likeness (QED) is 0.679. The van der Waals surface area contributed by atoms with E-state index in [4.69, 9.17) is 16.3 Å². The van der Waals surface area contributed by atoms with Gasteiger partial charge in [-0.2, -0.15) is 0 Å². The van der Waals surface area contributed by atoms with Gasteiger partial charge in [0.1, 0.15) is 6.33 Å². The first-order valence-electron chi connectivity index (χ1n) is 6.37. The van der Waals surface area contributed by atoms with Crippen LogP contribution < -0.4 is 5.56 Å². The smallest absolute Gasteiger partial charge is 0.360 e. The fourth-order valence-electron chi connectivity index (χ4n) is 2.35. The van der Waals surface area contributed by atoms with Gasteiger partial charge < -0.3 is 4.74 Å². The minimum absolute atomic E-state index is 0.119. The van der Waals surface area contributed by atoms with Crippen LogP contribution in [-0.2, 0) is 11.8 Å². The zero-order chi connectivity index (χ0) is 15.1. The molecule has 108 valence electrons. The molecule has 0 spiro atoms. The zero-order valence-corrected chi connectivity index (χ0v) is 12.2. The number of nitrogens with zero attached hydrogens (tertiary/aromatic N) is 3. The topological polar surface area (TPSA) is 65.6 Å². The zero-order valence-electron chi connectivity index (χ0n) is 11.5. The summed E-state index contributed by atoms with van der Waals surface area (Å²) < 4.78 is 8.02. The van der Waals surface area contributed by atoms with Crippen molar-refractivity contribution >= 4 is 34.1 Å². The van der Waals surface area contributed by atoms with Gasteiger partial charge in [-0.15, -0.1) is 0 Å². The van der Waals surface area contributed by atoms with Crippen molar-refractivity contribution in [2.24, 2.45) is 7.05 Å².